The van der Waals surface area contributed by atoms with E-state index in [1.807, 2.05) is 0 Å². The molecule has 21 heavy (non-hydrogen) atoms. The molecule has 6 nitrogen and oxygen atoms in total. The van der Waals surface area contributed by atoms with Crippen molar-refractivity contribution in [3.05, 3.63) is 49.3 Å². The van der Waals surface area contributed by atoms with Gasteiger partial charge in [-0.15, -0.1) is 0 Å². The third kappa shape index (κ3) is 3.44. The zero-order valence-corrected chi connectivity index (χ0v) is 12.8. The van der Waals surface area contributed by atoms with Crippen molar-refractivity contribution in [2.45, 2.75) is 0 Å². The summed E-state index contributed by atoms with van der Waals surface area (Å²) in [5, 5.41) is 11.5. The highest BCUT2D eigenvalue weighted by molar-refractivity contribution is 7.16. The van der Waals surface area contributed by atoms with Crippen LogP contribution in [0.5, 0.6) is 10.8 Å². The monoisotopic (exact) mass is 347 g/mol. The molecule has 0 amide bonds. The van der Waals surface area contributed by atoms with Crippen molar-refractivity contribution in [3.63, 3.8) is 0 Å². The third-order valence-corrected chi connectivity index (χ3v) is 3.87. The van der Waals surface area contributed by atoms with Gasteiger partial charge in [0.15, 0.2) is 0 Å². The highest BCUT2D eigenvalue weighted by atomic mass is 35.5. The Bertz CT molecular complexity index is 716. The molecule has 0 fully saturated rings. The van der Waals surface area contributed by atoms with E-state index in [4.69, 9.17) is 27.9 Å². The van der Waals surface area contributed by atoms with E-state index in [1.54, 1.807) is 0 Å². The van der Waals surface area contributed by atoms with Crippen LogP contribution in [0.3, 0.4) is 0 Å². The summed E-state index contributed by atoms with van der Waals surface area (Å²) in [7, 11) is 1.19. The maximum absolute atomic E-state index is 11.4. The van der Waals surface area contributed by atoms with E-state index in [0.717, 1.165) is 17.4 Å². The fraction of sp³-hybridized carbons (Fsp3) is 0.0833. The Hall–Kier alpha value is -1.83. The van der Waals surface area contributed by atoms with E-state index in [2.05, 4.69) is 4.74 Å². The Morgan fingerprint density at radius 2 is 2.05 bits per heavy atom. The third-order valence-electron chi connectivity index (χ3n) is 2.36. The van der Waals surface area contributed by atoms with Crippen molar-refractivity contribution in [1.29, 1.82) is 0 Å². The number of carbonyl (C=O) groups is 1. The molecule has 0 unspecified atom stereocenters. The van der Waals surface area contributed by atoms with E-state index in [1.165, 1.54) is 25.3 Å². The summed E-state index contributed by atoms with van der Waals surface area (Å²) >= 11 is 12.5. The SMILES string of the molecule is COC(=O)c1cc([N+](=O)[O-])c(Oc2ccc(Cl)cc2Cl)s1. The molecule has 110 valence electrons. The predicted octanol–water partition coefficient (Wildman–Crippen LogP) is 4.54. The van der Waals surface area contributed by atoms with Crippen molar-refractivity contribution in [2.24, 2.45) is 0 Å². The highest BCUT2D eigenvalue weighted by Crippen LogP contribution is 2.42. The van der Waals surface area contributed by atoms with Gasteiger partial charge in [-0.3, -0.25) is 10.1 Å². The number of esters is 1. The Morgan fingerprint density at radius 1 is 1.33 bits per heavy atom. The molecule has 0 saturated heterocycles. The molecular weight excluding hydrogens is 341 g/mol. The standard InChI is InChI=1S/C12H7Cl2NO5S/c1-19-11(16)10-5-8(15(17)18)12(21-10)20-9-3-2-6(13)4-7(9)14/h2-5H,1H3. The first-order chi connectivity index (χ1) is 9.92. The van der Waals surface area contributed by atoms with E-state index < -0.39 is 10.9 Å². The highest BCUT2D eigenvalue weighted by Gasteiger charge is 2.25. The molecule has 0 bridgehead atoms. The van der Waals surface area contributed by atoms with Crippen LogP contribution in [0, 0.1) is 10.1 Å². The number of hydrogen-bond donors (Lipinski definition) is 0. The number of halogens is 2. The summed E-state index contributed by atoms with van der Waals surface area (Å²) < 4.78 is 9.93. The lowest BCUT2D eigenvalue weighted by atomic mass is 10.3. The van der Waals surface area contributed by atoms with Gasteiger partial charge in [-0.25, -0.2) is 4.79 Å². The number of carbonyl (C=O) groups excluding carboxylic acids is 1. The van der Waals surface area contributed by atoms with Gasteiger partial charge in [0.2, 0.25) is 0 Å². The number of benzene rings is 1. The summed E-state index contributed by atoms with van der Waals surface area (Å²) in [5.41, 5.74) is -0.341. The van der Waals surface area contributed by atoms with Crippen LogP contribution in [0.25, 0.3) is 0 Å². The van der Waals surface area contributed by atoms with Crippen LogP contribution in [0.2, 0.25) is 10.0 Å². The minimum atomic E-state index is -0.680. The lowest BCUT2D eigenvalue weighted by Crippen LogP contribution is -1.97. The van der Waals surface area contributed by atoms with Gasteiger partial charge in [0, 0.05) is 11.1 Å². The molecular formula is C12H7Cl2NO5S. The van der Waals surface area contributed by atoms with Crippen molar-refractivity contribution < 1.29 is 19.2 Å². The van der Waals surface area contributed by atoms with Gasteiger partial charge in [-0.1, -0.05) is 34.5 Å². The average Bonchev–Trinajstić information content (AvgIpc) is 2.85. The second-order valence-corrected chi connectivity index (χ2v) is 5.57. The van der Waals surface area contributed by atoms with Crippen molar-refractivity contribution >= 4 is 46.2 Å². The summed E-state index contributed by atoms with van der Waals surface area (Å²) in [6.07, 6.45) is 0. The molecule has 0 aliphatic heterocycles. The minimum absolute atomic E-state index is 0.0595. The van der Waals surface area contributed by atoms with E-state index >= 15 is 0 Å². The molecule has 0 aliphatic carbocycles. The molecule has 1 heterocycles. The Balaban J connectivity index is 2.40. The quantitative estimate of drug-likeness (QED) is 0.460. The minimum Gasteiger partial charge on any atom is -0.465 e. The summed E-state index contributed by atoms with van der Waals surface area (Å²) in [4.78, 5) is 21.8. The van der Waals surface area contributed by atoms with Crippen LogP contribution in [-0.4, -0.2) is 18.0 Å². The zero-order valence-electron chi connectivity index (χ0n) is 10.5. The lowest BCUT2D eigenvalue weighted by molar-refractivity contribution is -0.385. The van der Waals surface area contributed by atoms with E-state index in [9.17, 15) is 14.9 Å². The molecule has 2 aromatic rings. The second kappa shape index (κ2) is 6.30. The number of nitrogens with zero attached hydrogens (tertiary/aromatic N) is 1. The second-order valence-electron chi connectivity index (χ2n) is 3.71. The van der Waals surface area contributed by atoms with Gasteiger partial charge >= 0.3 is 11.7 Å². The van der Waals surface area contributed by atoms with Gasteiger partial charge in [-0.05, 0) is 18.2 Å². The van der Waals surface area contributed by atoms with Crippen LogP contribution in [0.4, 0.5) is 5.69 Å². The number of rotatable bonds is 4. The van der Waals surface area contributed by atoms with Gasteiger partial charge in [0.25, 0.3) is 5.06 Å². The van der Waals surface area contributed by atoms with Crippen LogP contribution < -0.4 is 4.74 Å². The molecule has 0 aliphatic rings. The maximum atomic E-state index is 11.4. The topological polar surface area (TPSA) is 78.7 Å². The molecule has 0 atom stereocenters. The van der Waals surface area contributed by atoms with Gasteiger partial charge in [0.05, 0.1) is 17.1 Å². The van der Waals surface area contributed by atoms with Crippen LogP contribution in [-0.2, 0) is 4.74 Å². The van der Waals surface area contributed by atoms with Gasteiger partial charge < -0.3 is 9.47 Å². The summed E-state index contributed by atoms with van der Waals surface area (Å²) in [6, 6.07) is 5.55. The first-order valence-electron chi connectivity index (χ1n) is 5.42. The molecule has 1 aromatic heterocycles. The molecule has 0 spiro atoms. The fourth-order valence-corrected chi connectivity index (χ4v) is 2.78. The molecule has 0 saturated carbocycles. The zero-order chi connectivity index (χ0) is 15.6. The first kappa shape index (κ1) is 15.6. The number of methoxy groups -OCH3 is 1. The van der Waals surface area contributed by atoms with Crippen molar-refractivity contribution in [3.8, 4) is 10.8 Å². The number of ether oxygens (including phenoxy) is 2. The van der Waals surface area contributed by atoms with E-state index in [0.29, 0.717) is 5.02 Å². The summed E-state index contributed by atoms with van der Waals surface area (Å²) in [6.45, 7) is 0. The van der Waals surface area contributed by atoms with Crippen molar-refractivity contribution in [1.82, 2.24) is 0 Å². The Labute approximate surface area is 133 Å². The number of nitro groups is 1. The largest absolute Gasteiger partial charge is 0.465 e. The fourth-order valence-electron chi connectivity index (χ4n) is 1.42. The van der Waals surface area contributed by atoms with Crippen molar-refractivity contribution in [2.75, 3.05) is 7.11 Å². The Morgan fingerprint density at radius 3 is 2.62 bits per heavy atom. The first-order valence-corrected chi connectivity index (χ1v) is 6.99. The van der Waals surface area contributed by atoms with Gasteiger partial charge in [0.1, 0.15) is 10.6 Å². The van der Waals surface area contributed by atoms with Crippen LogP contribution >= 0.6 is 34.5 Å². The average molecular weight is 348 g/mol. The molecule has 9 heteroatoms. The predicted molar refractivity (Wildman–Crippen MR) is 78.8 cm³/mol. The molecule has 2 rings (SSSR count). The summed E-state index contributed by atoms with van der Waals surface area (Å²) in [5.74, 6) is -0.484. The smallest absolute Gasteiger partial charge is 0.348 e. The van der Waals surface area contributed by atoms with Gasteiger partial charge in [-0.2, -0.15) is 0 Å². The Kier molecular flexibility index (Phi) is 4.66. The maximum Gasteiger partial charge on any atom is 0.348 e. The molecule has 0 radical (unpaired) electrons. The normalized spacial score (nSPS) is 10.2. The van der Waals surface area contributed by atoms with E-state index in [-0.39, 0.29) is 26.4 Å². The van der Waals surface area contributed by atoms with Crippen LogP contribution in [0.1, 0.15) is 9.67 Å². The molecule has 0 N–H and O–H groups in total. The number of hydrogen-bond acceptors (Lipinski definition) is 6. The number of thiophene rings is 1. The molecule has 1 aromatic carbocycles. The lowest BCUT2D eigenvalue weighted by Gasteiger charge is -2.05. The van der Waals surface area contributed by atoms with Crippen LogP contribution in [0.15, 0.2) is 24.3 Å².